The fourth-order valence-electron chi connectivity index (χ4n) is 2.79. The second-order valence-electron chi connectivity index (χ2n) is 6.30. The van der Waals surface area contributed by atoms with Crippen LogP contribution >= 0.6 is 0 Å². The molecule has 0 saturated heterocycles. The zero-order valence-corrected chi connectivity index (χ0v) is 15.7. The van der Waals surface area contributed by atoms with Gasteiger partial charge in [0.1, 0.15) is 11.5 Å². The molecule has 0 bridgehead atoms. The molecule has 4 nitrogen and oxygen atoms in total. The Balaban J connectivity index is 1.98. The lowest BCUT2D eigenvalue weighted by Gasteiger charge is -2.18. The van der Waals surface area contributed by atoms with Crippen LogP contribution in [0.1, 0.15) is 41.6 Å². The average molecular weight is 341 g/mol. The SMILES string of the molecule is CC[C@H](NC(=O)COc1cc(C)cc(C)c1C)c1ccc(OC)cc1. The lowest BCUT2D eigenvalue weighted by atomic mass is 10.0. The summed E-state index contributed by atoms with van der Waals surface area (Å²) in [4.78, 5) is 12.3. The maximum Gasteiger partial charge on any atom is 0.258 e. The summed E-state index contributed by atoms with van der Waals surface area (Å²) in [6.07, 6.45) is 0.806. The number of hydrogen-bond acceptors (Lipinski definition) is 3. The predicted octanol–water partition coefficient (Wildman–Crippen LogP) is 4.27. The lowest BCUT2D eigenvalue weighted by Crippen LogP contribution is -2.32. The number of nitrogens with one attached hydrogen (secondary N) is 1. The molecule has 0 heterocycles. The van der Waals surface area contributed by atoms with Gasteiger partial charge in [-0.3, -0.25) is 4.79 Å². The van der Waals surface area contributed by atoms with E-state index < -0.39 is 0 Å². The van der Waals surface area contributed by atoms with Gasteiger partial charge in [0.15, 0.2) is 6.61 Å². The van der Waals surface area contributed by atoms with Gasteiger partial charge in [0.05, 0.1) is 13.2 Å². The van der Waals surface area contributed by atoms with E-state index in [0.29, 0.717) is 0 Å². The third-order valence-electron chi connectivity index (χ3n) is 4.38. The highest BCUT2D eigenvalue weighted by atomic mass is 16.5. The molecule has 2 rings (SSSR count). The van der Waals surface area contributed by atoms with E-state index in [4.69, 9.17) is 9.47 Å². The molecule has 4 heteroatoms. The van der Waals surface area contributed by atoms with Gasteiger partial charge < -0.3 is 14.8 Å². The Morgan fingerprint density at radius 3 is 2.40 bits per heavy atom. The van der Waals surface area contributed by atoms with Crippen LogP contribution in [0.25, 0.3) is 0 Å². The zero-order valence-electron chi connectivity index (χ0n) is 15.7. The Morgan fingerprint density at radius 2 is 1.80 bits per heavy atom. The monoisotopic (exact) mass is 341 g/mol. The van der Waals surface area contributed by atoms with Gasteiger partial charge in [0, 0.05) is 0 Å². The minimum Gasteiger partial charge on any atom is -0.497 e. The molecule has 1 atom stereocenters. The van der Waals surface area contributed by atoms with Gasteiger partial charge in [-0.15, -0.1) is 0 Å². The molecule has 0 aliphatic rings. The highest BCUT2D eigenvalue weighted by molar-refractivity contribution is 5.78. The molecule has 2 aromatic carbocycles. The van der Waals surface area contributed by atoms with Gasteiger partial charge in [-0.1, -0.05) is 25.1 Å². The van der Waals surface area contributed by atoms with E-state index in [0.717, 1.165) is 34.6 Å². The smallest absolute Gasteiger partial charge is 0.258 e. The first-order valence-corrected chi connectivity index (χ1v) is 8.58. The maximum absolute atomic E-state index is 12.3. The summed E-state index contributed by atoms with van der Waals surface area (Å²) in [5, 5.41) is 3.03. The van der Waals surface area contributed by atoms with E-state index in [1.165, 1.54) is 5.56 Å². The molecule has 0 spiro atoms. The highest BCUT2D eigenvalue weighted by Crippen LogP contribution is 2.23. The third-order valence-corrected chi connectivity index (χ3v) is 4.38. The molecule has 2 aromatic rings. The van der Waals surface area contributed by atoms with Crippen molar-refractivity contribution in [1.29, 1.82) is 0 Å². The zero-order chi connectivity index (χ0) is 18.4. The second-order valence-corrected chi connectivity index (χ2v) is 6.30. The van der Waals surface area contributed by atoms with Crippen molar-refractivity contribution in [2.45, 2.75) is 40.2 Å². The fourth-order valence-corrected chi connectivity index (χ4v) is 2.79. The molecule has 0 fully saturated rings. The fraction of sp³-hybridized carbons (Fsp3) is 0.381. The molecule has 25 heavy (non-hydrogen) atoms. The van der Waals surface area contributed by atoms with Crippen molar-refractivity contribution in [1.82, 2.24) is 5.32 Å². The molecule has 134 valence electrons. The van der Waals surface area contributed by atoms with Gasteiger partial charge in [-0.2, -0.15) is 0 Å². The van der Waals surface area contributed by atoms with Gasteiger partial charge in [0.25, 0.3) is 5.91 Å². The Labute approximate surface area is 150 Å². The Morgan fingerprint density at radius 1 is 1.12 bits per heavy atom. The van der Waals surface area contributed by atoms with Crippen molar-refractivity contribution in [3.05, 3.63) is 58.7 Å². The Hall–Kier alpha value is -2.49. The summed E-state index contributed by atoms with van der Waals surface area (Å²) in [6, 6.07) is 11.8. The quantitative estimate of drug-likeness (QED) is 0.818. The topological polar surface area (TPSA) is 47.6 Å². The molecule has 1 amide bonds. The van der Waals surface area contributed by atoms with Crippen molar-refractivity contribution < 1.29 is 14.3 Å². The molecular formula is C21H27NO3. The third kappa shape index (κ3) is 4.99. The van der Waals surface area contributed by atoms with E-state index in [-0.39, 0.29) is 18.6 Å². The molecule has 0 unspecified atom stereocenters. The number of carbonyl (C=O) groups is 1. The predicted molar refractivity (Wildman–Crippen MR) is 100 cm³/mol. The summed E-state index contributed by atoms with van der Waals surface area (Å²) in [5.74, 6) is 1.45. The van der Waals surface area contributed by atoms with Crippen LogP contribution in [0.4, 0.5) is 0 Å². The van der Waals surface area contributed by atoms with Gasteiger partial charge in [-0.25, -0.2) is 0 Å². The number of hydrogen-bond donors (Lipinski definition) is 1. The number of amides is 1. The molecule has 0 aliphatic carbocycles. The minimum atomic E-state index is -0.124. The van der Waals surface area contributed by atoms with Crippen LogP contribution in [0.5, 0.6) is 11.5 Å². The van der Waals surface area contributed by atoms with E-state index in [2.05, 4.69) is 11.4 Å². The summed E-state index contributed by atoms with van der Waals surface area (Å²) in [7, 11) is 1.64. The molecule has 0 radical (unpaired) electrons. The summed E-state index contributed by atoms with van der Waals surface area (Å²) in [5.41, 5.74) is 4.42. The number of benzene rings is 2. The van der Waals surface area contributed by atoms with Crippen molar-refractivity contribution >= 4 is 5.91 Å². The van der Waals surface area contributed by atoms with Crippen molar-refractivity contribution in [2.24, 2.45) is 0 Å². The van der Waals surface area contributed by atoms with E-state index in [9.17, 15) is 4.79 Å². The van der Waals surface area contributed by atoms with Crippen molar-refractivity contribution in [2.75, 3.05) is 13.7 Å². The van der Waals surface area contributed by atoms with Crippen LogP contribution in [-0.2, 0) is 4.79 Å². The Kier molecular flexibility index (Phi) is 6.45. The van der Waals surface area contributed by atoms with Gasteiger partial charge in [-0.05, 0) is 67.6 Å². The molecule has 0 aliphatic heterocycles. The maximum atomic E-state index is 12.3. The average Bonchev–Trinajstić information content (AvgIpc) is 2.61. The first-order valence-electron chi connectivity index (χ1n) is 8.58. The number of carbonyl (C=O) groups excluding carboxylic acids is 1. The van der Waals surface area contributed by atoms with Crippen LogP contribution < -0.4 is 14.8 Å². The van der Waals surface area contributed by atoms with Crippen molar-refractivity contribution in [3.63, 3.8) is 0 Å². The van der Waals surface area contributed by atoms with E-state index in [1.807, 2.05) is 58.0 Å². The van der Waals surface area contributed by atoms with Crippen LogP contribution in [0.2, 0.25) is 0 Å². The minimum absolute atomic E-state index is 0.0103. The first-order chi connectivity index (χ1) is 11.9. The van der Waals surface area contributed by atoms with Crippen LogP contribution in [0.3, 0.4) is 0 Å². The van der Waals surface area contributed by atoms with E-state index in [1.54, 1.807) is 7.11 Å². The first kappa shape index (κ1) is 18.8. The van der Waals surface area contributed by atoms with Crippen LogP contribution in [-0.4, -0.2) is 19.6 Å². The Bertz CT molecular complexity index is 723. The molecule has 1 N–H and O–H groups in total. The summed E-state index contributed by atoms with van der Waals surface area (Å²) in [6.45, 7) is 8.14. The largest absolute Gasteiger partial charge is 0.497 e. The normalized spacial score (nSPS) is 11.7. The number of methoxy groups -OCH3 is 1. The van der Waals surface area contributed by atoms with Gasteiger partial charge in [0.2, 0.25) is 0 Å². The molecular weight excluding hydrogens is 314 g/mol. The standard InChI is InChI=1S/C21H27NO3/c1-6-19(17-7-9-18(24-5)10-8-17)22-21(23)13-25-20-12-14(2)11-15(3)16(20)4/h7-12,19H,6,13H2,1-5H3,(H,22,23)/t19-/m0/s1. The van der Waals surface area contributed by atoms with E-state index >= 15 is 0 Å². The number of rotatable bonds is 7. The van der Waals surface area contributed by atoms with Crippen molar-refractivity contribution in [3.8, 4) is 11.5 Å². The molecule has 0 saturated carbocycles. The summed E-state index contributed by atoms with van der Waals surface area (Å²) < 4.78 is 10.9. The highest BCUT2D eigenvalue weighted by Gasteiger charge is 2.14. The van der Waals surface area contributed by atoms with Crippen LogP contribution in [0, 0.1) is 20.8 Å². The molecule has 0 aromatic heterocycles. The summed E-state index contributed by atoms with van der Waals surface area (Å²) >= 11 is 0. The number of aryl methyl sites for hydroxylation is 2. The lowest BCUT2D eigenvalue weighted by molar-refractivity contribution is -0.123. The second kappa shape index (κ2) is 8.56. The van der Waals surface area contributed by atoms with Crippen LogP contribution in [0.15, 0.2) is 36.4 Å². The van der Waals surface area contributed by atoms with Gasteiger partial charge >= 0.3 is 0 Å². The number of ether oxygens (including phenoxy) is 2.